The lowest BCUT2D eigenvalue weighted by Gasteiger charge is -2.52. The van der Waals surface area contributed by atoms with Gasteiger partial charge in [0, 0.05) is 24.9 Å². The summed E-state index contributed by atoms with van der Waals surface area (Å²) in [5.74, 6) is 0.0692. The van der Waals surface area contributed by atoms with Crippen molar-refractivity contribution in [2.45, 2.75) is 45.7 Å². The predicted octanol–water partition coefficient (Wildman–Crippen LogP) is 4.79. The van der Waals surface area contributed by atoms with Gasteiger partial charge in [-0.1, -0.05) is 72.8 Å². The van der Waals surface area contributed by atoms with Crippen molar-refractivity contribution in [1.82, 2.24) is 4.90 Å². The summed E-state index contributed by atoms with van der Waals surface area (Å²) in [7, 11) is 0. The third-order valence-corrected chi connectivity index (χ3v) is 6.89. The van der Waals surface area contributed by atoms with Crippen LogP contribution in [0.2, 0.25) is 0 Å². The summed E-state index contributed by atoms with van der Waals surface area (Å²) in [6.45, 7) is 4.81. The van der Waals surface area contributed by atoms with E-state index in [1.165, 1.54) is 5.56 Å². The summed E-state index contributed by atoms with van der Waals surface area (Å²) in [6, 6.07) is 20.3. The summed E-state index contributed by atoms with van der Waals surface area (Å²) in [6.07, 6.45) is 6.03. The molecule has 0 unspecified atom stereocenters. The molecular weight excluding hydrogens is 386 g/mol. The molecule has 162 valence electrons. The molecule has 0 saturated carbocycles. The fourth-order valence-corrected chi connectivity index (χ4v) is 5.41. The third kappa shape index (κ3) is 4.30. The van der Waals surface area contributed by atoms with Gasteiger partial charge in [-0.15, -0.1) is 0 Å². The first kappa shape index (κ1) is 21.4. The maximum absolute atomic E-state index is 13.3. The number of benzene rings is 2. The van der Waals surface area contributed by atoms with Crippen LogP contribution in [0, 0.1) is 17.3 Å². The Morgan fingerprint density at radius 2 is 1.71 bits per heavy atom. The molecule has 1 amide bonds. The van der Waals surface area contributed by atoms with E-state index < -0.39 is 5.41 Å². The van der Waals surface area contributed by atoms with E-state index in [1.807, 2.05) is 55.1 Å². The largest absolute Gasteiger partial charge is 0.466 e. The smallest absolute Gasteiger partial charge is 0.312 e. The molecule has 4 rings (SSSR count). The van der Waals surface area contributed by atoms with Crippen LogP contribution in [0.4, 0.5) is 0 Å². The molecule has 1 aliphatic carbocycles. The van der Waals surface area contributed by atoms with Gasteiger partial charge in [0.15, 0.2) is 0 Å². The lowest BCUT2D eigenvalue weighted by atomic mass is 9.59. The van der Waals surface area contributed by atoms with E-state index in [0.717, 1.165) is 12.0 Å². The van der Waals surface area contributed by atoms with Crippen molar-refractivity contribution in [3.8, 4) is 0 Å². The van der Waals surface area contributed by atoms with Gasteiger partial charge in [0.25, 0.3) is 0 Å². The van der Waals surface area contributed by atoms with Crippen molar-refractivity contribution in [3.05, 3.63) is 83.9 Å². The number of hydrogen-bond acceptors (Lipinski definition) is 3. The molecule has 1 saturated heterocycles. The molecule has 4 heteroatoms. The molecular formula is C27H31NO3. The molecule has 0 N–H and O–H groups in total. The molecule has 2 aliphatic rings. The Balaban J connectivity index is 1.75. The van der Waals surface area contributed by atoms with Gasteiger partial charge in [-0.05, 0) is 43.7 Å². The Hall–Kier alpha value is -2.88. The minimum Gasteiger partial charge on any atom is -0.466 e. The highest BCUT2D eigenvalue weighted by molar-refractivity contribution is 5.81. The van der Waals surface area contributed by atoms with Crippen LogP contribution in [0.15, 0.2) is 72.8 Å². The molecule has 2 aromatic rings. The number of allylic oxidation sites excluding steroid dienone is 2. The first-order valence-corrected chi connectivity index (χ1v) is 11.2. The highest BCUT2D eigenvalue weighted by atomic mass is 16.5. The Bertz CT molecular complexity index is 939. The van der Waals surface area contributed by atoms with Gasteiger partial charge in [0.1, 0.15) is 0 Å². The minimum absolute atomic E-state index is 0.0122. The van der Waals surface area contributed by atoms with E-state index in [2.05, 4.69) is 36.4 Å². The van der Waals surface area contributed by atoms with Gasteiger partial charge in [0.2, 0.25) is 5.91 Å². The standard InChI is InChI=1S/C27H31NO3/c1-3-31-26(30)27(2)16-10-15-22-18-24(29)28(19-21-13-8-5-9-14-21)23(25(22)27)17-20-11-6-4-7-12-20/h4-15,22-23,25H,3,16-19H2,1-2H3/t22-,23+,25-,27+/m1/s1. The van der Waals surface area contributed by atoms with Crippen LogP contribution in [0.1, 0.15) is 37.8 Å². The first-order chi connectivity index (χ1) is 15.0. The SMILES string of the molecule is CCOC(=O)[C@@]1(C)CC=C[C@@H]2CC(=O)N(Cc3ccccc3)[C@@H](Cc3ccccc3)[C@@H]21. The first-order valence-electron chi connectivity index (χ1n) is 11.2. The monoisotopic (exact) mass is 417 g/mol. The average molecular weight is 418 g/mol. The Kier molecular flexibility index (Phi) is 6.26. The lowest BCUT2D eigenvalue weighted by molar-refractivity contribution is -0.168. The maximum Gasteiger partial charge on any atom is 0.312 e. The van der Waals surface area contributed by atoms with E-state index in [9.17, 15) is 9.59 Å². The van der Waals surface area contributed by atoms with Gasteiger partial charge >= 0.3 is 5.97 Å². The summed E-state index contributed by atoms with van der Waals surface area (Å²) in [5.41, 5.74) is 1.64. The van der Waals surface area contributed by atoms with Crippen molar-refractivity contribution in [3.63, 3.8) is 0 Å². The van der Waals surface area contributed by atoms with Crippen molar-refractivity contribution in [2.24, 2.45) is 17.3 Å². The molecule has 4 nitrogen and oxygen atoms in total. The zero-order valence-corrected chi connectivity index (χ0v) is 18.4. The number of rotatable bonds is 6. The van der Waals surface area contributed by atoms with Gasteiger partial charge in [0.05, 0.1) is 12.0 Å². The van der Waals surface area contributed by atoms with E-state index >= 15 is 0 Å². The van der Waals surface area contributed by atoms with E-state index in [0.29, 0.717) is 26.0 Å². The Morgan fingerprint density at radius 3 is 2.35 bits per heavy atom. The minimum atomic E-state index is -0.648. The van der Waals surface area contributed by atoms with E-state index in [4.69, 9.17) is 4.74 Å². The third-order valence-electron chi connectivity index (χ3n) is 6.89. The van der Waals surface area contributed by atoms with Crippen LogP contribution in [-0.4, -0.2) is 29.4 Å². The normalized spacial score (nSPS) is 27.6. The van der Waals surface area contributed by atoms with Gasteiger partial charge in [-0.3, -0.25) is 9.59 Å². The summed E-state index contributed by atoms with van der Waals surface area (Å²) >= 11 is 0. The number of piperidine rings is 1. The topological polar surface area (TPSA) is 46.6 Å². The van der Waals surface area contributed by atoms with Crippen LogP contribution in [-0.2, 0) is 27.3 Å². The highest BCUT2D eigenvalue weighted by Gasteiger charge is 2.54. The molecule has 0 radical (unpaired) electrons. The summed E-state index contributed by atoms with van der Waals surface area (Å²) in [4.78, 5) is 28.5. The van der Waals surface area contributed by atoms with Gasteiger partial charge < -0.3 is 9.64 Å². The number of amides is 1. The van der Waals surface area contributed by atoms with Crippen molar-refractivity contribution in [2.75, 3.05) is 6.61 Å². The van der Waals surface area contributed by atoms with Crippen LogP contribution in [0.3, 0.4) is 0 Å². The summed E-state index contributed by atoms with van der Waals surface area (Å²) in [5, 5.41) is 0. The Morgan fingerprint density at radius 1 is 1.06 bits per heavy atom. The van der Waals surface area contributed by atoms with Crippen molar-refractivity contribution in [1.29, 1.82) is 0 Å². The summed E-state index contributed by atoms with van der Waals surface area (Å²) < 4.78 is 5.54. The fraction of sp³-hybridized carbons (Fsp3) is 0.407. The second kappa shape index (κ2) is 9.09. The van der Waals surface area contributed by atoms with Crippen LogP contribution >= 0.6 is 0 Å². The average Bonchev–Trinajstić information content (AvgIpc) is 2.77. The quantitative estimate of drug-likeness (QED) is 0.501. The highest BCUT2D eigenvalue weighted by Crippen LogP contribution is 2.49. The van der Waals surface area contributed by atoms with Crippen LogP contribution < -0.4 is 0 Å². The number of carbonyl (C=O) groups is 2. The molecule has 1 aliphatic heterocycles. The van der Waals surface area contributed by atoms with E-state index in [1.54, 1.807) is 0 Å². The predicted molar refractivity (Wildman–Crippen MR) is 121 cm³/mol. The van der Waals surface area contributed by atoms with Crippen molar-refractivity contribution < 1.29 is 14.3 Å². The van der Waals surface area contributed by atoms with Gasteiger partial charge in [-0.2, -0.15) is 0 Å². The molecule has 0 spiro atoms. The Labute approximate surface area is 184 Å². The molecule has 1 fully saturated rings. The number of fused-ring (bicyclic) bond motifs is 1. The van der Waals surface area contributed by atoms with Crippen LogP contribution in [0.25, 0.3) is 0 Å². The maximum atomic E-state index is 13.3. The second-order valence-electron chi connectivity index (χ2n) is 8.93. The van der Waals surface area contributed by atoms with Crippen molar-refractivity contribution >= 4 is 11.9 Å². The molecule has 1 heterocycles. The number of esters is 1. The number of hydrogen-bond donors (Lipinski definition) is 0. The van der Waals surface area contributed by atoms with Crippen LogP contribution in [0.5, 0.6) is 0 Å². The molecule has 2 aromatic carbocycles. The lowest BCUT2D eigenvalue weighted by Crippen LogP contribution is -2.59. The number of carbonyl (C=O) groups excluding carboxylic acids is 2. The van der Waals surface area contributed by atoms with E-state index in [-0.39, 0.29) is 29.8 Å². The molecule has 0 aromatic heterocycles. The molecule has 31 heavy (non-hydrogen) atoms. The van der Waals surface area contributed by atoms with Gasteiger partial charge in [-0.25, -0.2) is 0 Å². The number of likely N-dealkylation sites (tertiary alicyclic amines) is 1. The molecule has 0 bridgehead atoms. The second-order valence-corrected chi connectivity index (χ2v) is 8.93. The zero-order valence-electron chi connectivity index (χ0n) is 18.4. The number of ether oxygens (including phenoxy) is 1. The zero-order chi connectivity index (χ0) is 21.8. The number of nitrogens with zero attached hydrogens (tertiary/aromatic N) is 1. The fourth-order valence-electron chi connectivity index (χ4n) is 5.41. The molecule has 4 atom stereocenters.